The highest BCUT2D eigenvalue weighted by Crippen LogP contribution is 2.31. The maximum absolute atomic E-state index is 13.3. The molecule has 0 fully saturated rings. The largest absolute Gasteiger partial charge is 0.287 e. The summed E-state index contributed by atoms with van der Waals surface area (Å²) in [6, 6.07) is 7.51. The van der Waals surface area contributed by atoms with E-state index in [9.17, 15) is 8.42 Å². The van der Waals surface area contributed by atoms with Gasteiger partial charge in [-0.05, 0) is 18.1 Å². The number of rotatable bonds is 4. The van der Waals surface area contributed by atoms with Gasteiger partial charge in [-0.3, -0.25) is 4.40 Å². The molecule has 0 aliphatic rings. The second kappa shape index (κ2) is 5.61. The predicted molar refractivity (Wildman–Crippen MR) is 96.6 cm³/mol. The van der Waals surface area contributed by atoms with E-state index >= 15 is 0 Å². The van der Waals surface area contributed by atoms with Crippen LogP contribution in [0.25, 0.3) is 15.9 Å². The molecule has 0 radical (unpaired) electrons. The van der Waals surface area contributed by atoms with Crippen LogP contribution in [0.3, 0.4) is 0 Å². The Morgan fingerprint density at radius 3 is 2.88 bits per heavy atom. The molecule has 8 heteroatoms. The first-order valence-electron chi connectivity index (χ1n) is 7.49. The molecule has 4 rings (SSSR count). The Hall–Kier alpha value is -1.83. The highest BCUT2D eigenvalue weighted by atomic mass is 35.5. The molecule has 0 amide bonds. The number of nitrogens with zero attached hydrogens (tertiary/aromatic N) is 3. The highest BCUT2D eigenvalue weighted by molar-refractivity contribution is 7.90. The predicted octanol–water partition coefficient (Wildman–Crippen LogP) is 4.19. The smallest absolute Gasteiger partial charge is 0.278 e. The van der Waals surface area contributed by atoms with Gasteiger partial charge in [-0.1, -0.05) is 43.1 Å². The van der Waals surface area contributed by atoms with Gasteiger partial charge >= 0.3 is 0 Å². The number of fused-ring (bicyclic) bond motifs is 2. The minimum atomic E-state index is -3.86. The molecule has 5 nitrogen and oxygen atoms in total. The van der Waals surface area contributed by atoms with E-state index in [1.54, 1.807) is 17.8 Å². The van der Waals surface area contributed by atoms with Gasteiger partial charge in [0.15, 0.2) is 10.1 Å². The van der Waals surface area contributed by atoms with E-state index in [1.807, 2.05) is 24.3 Å². The first kappa shape index (κ1) is 15.7. The topological polar surface area (TPSA) is 56.4 Å². The standard InChI is InChI=1S/C16H14ClN3O2S2/c1-2-5-11-10-20(13-7-4-3-6-12(11)13)24(21,22)15-14(17)18-16-19(15)8-9-23-16/h3-4,6-10H,2,5H2,1H3. The van der Waals surface area contributed by atoms with E-state index in [4.69, 9.17) is 11.6 Å². The van der Waals surface area contributed by atoms with Crippen LogP contribution in [0, 0.1) is 0 Å². The van der Waals surface area contributed by atoms with E-state index < -0.39 is 10.0 Å². The summed E-state index contributed by atoms with van der Waals surface area (Å²) in [6.07, 6.45) is 5.13. The molecule has 0 aliphatic heterocycles. The lowest BCUT2D eigenvalue weighted by Crippen LogP contribution is -2.14. The van der Waals surface area contributed by atoms with Crippen LogP contribution in [0.2, 0.25) is 5.15 Å². The van der Waals surface area contributed by atoms with Gasteiger partial charge in [0.2, 0.25) is 5.03 Å². The first-order chi connectivity index (χ1) is 11.5. The van der Waals surface area contributed by atoms with Crippen LogP contribution in [0.15, 0.2) is 47.1 Å². The average Bonchev–Trinajstić information content (AvgIpc) is 3.20. The van der Waals surface area contributed by atoms with Crippen molar-refractivity contribution < 1.29 is 8.42 Å². The molecule has 0 unspecified atom stereocenters. The SMILES string of the molecule is CCCc1cn(S(=O)(=O)c2c(Cl)nc3sccn23)c2ccccc12. The van der Waals surface area contributed by atoms with E-state index in [0.29, 0.717) is 10.5 Å². The fourth-order valence-electron chi connectivity index (χ4n) is 2.95. The van der Waals surface area contributed by atoms with E-state index in [1.165, 1.54) is 19.7 Å². The third kappa shape index (κ3) is 2.19. The molecule has 0 saturated carbocycles. The Balaban J connectivity index is 2.03. The summed E-state index contributed by atoms with van der Waals surface area (Å²) in [5.41, 5.74) is 1.67. The number of imidazole rings is 1. The lowest BCUT2D eigenvalue weighted by Gasteiger charge is -2.06. The normalized spacial score (nSPS) is 12.4. The van der Waals surface area contributed by atoms with Gasteiger partial charge in [-0.15, -0.1) is 11.3 Å². The Bertz CT molecular complexity index is 1150. The van der Waals surface area contributed by atoms with Crippen molar-refractivity contribution >= 4 is 48.8 Å². The van der Waals surface area contributed by atoms with Gasteiger partial charge in [0.25, 0.3) is 10.0 Å². The van der Waals surface area contributed by atoms with Crippen molar-refractivity contribution in [2.45, 2.75) is 24.8 Å². The molecule has 0 atom stereocenters. The zero-order valence-electron chi connectivity index (χ0n) is 12.8. The number of aryl methyl sites for hydroxylation is 1. The summed E-state index contributed by atoms with van der Waals surface area (Å²) in [5, 5.41) is 2.74. The number of para-hydroxylation sites is 1. The Morgan fingerprint density at radius 2 is 2.08 bits per heavy atom. The van der Waals surface area contributed by atoms with Crippen LogP contribution in [0.5, 0.6) is 0 Å². The number of hydrogen-bond acceptors (Lipinski definition) is 4. The van der Waals surface area contributed by atoms with Gasteiger partial charge in [-0.25, -0.2) is 8.96 Å². The molecule has 0 saturated heterocycles. The Labute approximate surface area is 148 Å². The zero-order chi connectivity index (χ0) is 16.9. The Morgan fingerprint density at radius 1 is 1.29 bits per heavy atom. The van der Waals surface area contributed by atoms with Crippen molar-refractivity contribution in [3.63, 3.8) is 0 Å². The van der Waals surface area contributed by atoms with E-state index in [0.717, 1.165) is 23.8 Å². The summed E-state index contributed by atoms with van der Waals surface area (Å²) in [6.45, 7) is 2.07. The molecule has 24 heavy (non-hydrogen) atoms. The molecule has 0 aliphatic carbocycles. The van der Waals surface area contributed by atoms with Gasteiger partial charge in [0.05, 0.1) is 5.52 Å². The number of halogens is 1. The van der Waals surface area contributed by atoms with Gasteiger partial charge in [0, 0.05) is 23.2 Å². The number of benzene rings is 1. The number of aromatic nitrogens is 3. The molecule has 1 aromatic carbocycles. The maximum atomic E-state index is 13.3. The third-order valence-corrected chi connectivity index (χ3v) is 6.79. The molecular formula is C16H14ClN3O2S2. The fourth-order valence-corrected chi connectivity index (χ4v) is 5.76. The van der Waals surface area contributed by atoms with E-state index in [-0.39, 0.29) is 10.2 Å². The van der Waals surface area contributed by atoms with Crippen molar-refractivity contribution in [3.05, 3.63) is 52.8 Å². The highest BCUT2D eigenvalue weighted by Gasteiger charge is 2.28. The summed E-state index contributed by atoms with van der Waals surface area (Å²) >= 11 is 7.49. The van der Waals surface area contributed by atoms with Crippen LogP contribution in [0.4, 0.5) is 0 Å². The summed E-state index contributed by atoms with van der Waals surface area (Å²) in [4.78, 5) is 4.70. The van der Waals surface area contributed by atoms with Crippen LogP contribution < -0.4 is 0 Å². The van der Waals surface area contributed by atoms with Gasteiger partial charge in [-0.2, -0.15) is 8.42 Å². The Kier molecular flexibility index (Phi) is 3.67. The number of hydrogen-bond donors (Lipinski definition) is 0. The molecule has 0 bridgehead atoms. The van der Waals surface area contributed by atoms with Crippen molar-refractivity contribution in [3.8, 4) is 0 Å². The zero-order valence-corrected chi connectivity index (χ0v) is 15.2. The van der Waals surface area contributed by atoms with Crippen molar-refractivity contribution in [1.29, 1.82) is 0 Å². The molecule has 0 N–H and O–H groups in total. The molecule has 124 valence electrons. The third-order valence-electron chi connectivity index (χ3n) is 3.96. The van der Waals surface area contributed by atoms with Crippen LogP contribution >= 0.6 is 22.9 Å². The van der Waals surface area contributed by atoms with Crippen molar-refractivity contribution in [1.82, 2.24) is 13.4 Å². The maximum Gasteiger partial charge on any atom is 0.287 e. The van der Waals surface area contributed by atoms with Crippen LogP contribution in [0.1, 0.15) is 18.9 Å². The van der Waals surface area contributed by atoms with Gasteiger partial charge in [0.1, 0.15) is 0 Å². The molecule has 4 aromatic rings. The molecule has 0 spiro atoms. The van der Waals surface area contributed by atoms with Crippen molar-refractivity contribution in [2.24, 2.45) is 0 Å². The quantitative estimate of drug-likeness (QED) is 0.534. The van der Waals surface area contributed by atoms with Gasteiger partial charge < -0.3 is 0 Å². The lowest BCUT2D eigenvalue weighted by molar-refractivity contribution is 0.584. The minimum absolute atomic E-state index is 0.00308. The summed E-state index contributed by atoms with van der Waals surface area (Å²) in [5.74, 6) is 0. The molecule has 3 aromatic heterocycles. The fraction of sp³-hybridized carbons (Fsp3) is 0.188. The average molecular weight is 380 g/mol. The first-order valence-corrected chi connectivity index (χ1v) is 10.2. The summed E-state index contributed by atoms with van der Waals surface area (Å²) < 4.78 is 29.4. The van der Waals surface area contributed by atoms with E-state index in [2.05, 4.69) is 11.9 Å². The summed E-state index contributed by atoms with van der Waals surface area (Å²) in [7, 11) is -3.86. The molecule has 3 heterocycles. The van der Waals surface area contributed by atoms with Crippen LogP contribution in [-0.4, -0.2) is 21.8 Å². The van der Waals surface area contributed by atoms with Crippen molar-refractivity contribution in [2.75, 3.05) is 0 Å². The second-order valence-electron chi connectivity index (χ2n) is 5.49. The molecular weight excluding hydrogens is 366 g/mol. The number of thiazole rings is 1. The minimum Gasteiger partial charge on any atom is -0.278 e. The second-order valence-corrected chi connectivity index (χ2v) is 8.45. The van der Waals surface area contributed by atoms with Crippen LogP contribution in [-0.2, 0) is 16.4 Å². The monoisotopic (exact) mass is 379 g/mol. The lowest BCUT2D eigenvalue weighted by atomic mass is 10.1.